The van der Waals surface area contributed by atoms with Crippen LogP contribution in [0, 0.1) is 0 Å². The van der Waals surface area contributed by atoms with Gasteiger partial charge in [0, 0.05) is 6.42 Å². The first kappa shape index (κ1) is 16.4. The molecule has 0 N–H and O–H groups in total. The molecule has 0 aromatic carbocycles. The Kier molecular flexibility index (Phi) is 9.09. The highest BCUT2D eigenvalue weighted by molar-refractivity contribution is 5.73. The van der Waals surface area contributed by atoms with Crippen LogP contribution in [-0.4, -0.2) is 23.3 Å². The Morgan fingerprint density at radius 2 is 1.41 bits per heavy atom. The Hall–Kier alpha value is -0.610. The molecule has 1 amide bonds. The van der Waals surface area contributed by atoms with Crippen LogP contribution in [0.3, 0.4) is 0 Å². The van der Waals surface area contributed by atoms with Crippen LogP contribution in [0.1, 0.15) is 66.7 Å². The van der Waals surface area contributed by atoms with Crippen molar-refractivity contribution in [1.82, 2.24) is 5.23 Å². The first-order valence-electron chi connectivity index (χ1n) is 6.71. The molecule has 0 saturated heterocycles. The molecule has 2 atom stereocenters. The molecule has 0 aliphatic carbocycles. The van der Waals surface area contributed by atoms with Gasteiger partial charge in [0.1, 0.15) is 0 Å². The number of nitrogens with zero attached hydrogens (tertiary/aromatic N) is 1. The van der Waals surface area contributed by atoms with Gasteiger partial charge in [-0.15, -0.1) is 0 Å². The summed E-state index contributed by atoms with van der Waals surface area (Å²) in [5.74, 6) is -0.129. The van der Waals surface area contributed by atoms with Crippen LogP contribution >= 0.6 is 0 Å². The van der Waals surface area contributed by atoms with Gasteiger partial charge in [0.15, 0.2) is 0 Å². The normalized spacial score (nSPS) is 14.4. The molecule has 0 fully saturated rings. The number of hydroxylamine groups is 2. The largest absolute Gasteiger partial charge is 0.273 e. The monoisotopic (exact) mass is 245 g/mol. The van der Waals surface area contributed by atoms with Gasteiger partial charge in [-0.1, -0.05) is 38.8 Å². The summed E-state index contributed by atoms with van der Waals surface area (Å²) >= 11 is 0. The van der Waals surface area contributed by atoms with Gasteiger partial charge in [-0.3, -0.25) is 4.79 Å². The van der Waals surface area contributed by atoms with E-state index in [0.29, 0.717) is 6.42 Å². The maximum Gasteiger partial charge on any atom is 0.273 e. The molecule has 0 saturated carbocycles. The molecule has 0 aromatic heterocycles. The molecule has 0 aromatic rings. The van der Waals surface area contributed by atoms with Crippen molar-refractivity contribution < 1.29 is 14.5 Å². The van der Waals surface area contributed by atoms with E-state index in [0.717, 1.165) is 30.9 Å². The van der Waals surface area contributed by atoms with Gasteiger partial charge >= 0.3 is 0 Å². The Bertz CT molecular complexity index is 195. The van der Waals surface area contributed by atoms with Crippen LogP contribution in [0.5, 0.6) is 0 Å². The van der Waals surface area contributed by atoms with Crippen LogP contribution in [0.2, 0.25) is 0 Å². The molecule has 4 nitrogen and oxygen atoms in total. The first-order chi connectivity index (χ1) is 8.04. The van der Waals surface area contributed by atoms with Gasteiger partial charge in [0.25, 0.3) is 5.91 Å². The lowest BCUT2D eigenvalue weighted by Crippen LogP contribution is -2.36. The quantitative estimate of drug-likeness (QED) is 0.584. The molecule has 0 spiro atoms. The first-order valence-corrected chi connectivity index (χ1v) is 6.71. The minimum atomic E-state index is -0.129. The zero-order chi connectivity index (χ0) is 13.3. The number of rotatable bonds is 9. The van der Waals surface area contributed by atoms with E-state index in [1.807, 2.05) is 13.8 Å². The van der Waals surface area contributed by atoms with Crippen molar-refractivity contribution in [3.05, 3.63) is 0 Å². The molecule has 0 aliphatic heterocycles. The predicted molar refractivity (Wildman–Crippen MR) is 68.0 cm³/mol. The Balaban J connectivity index is 4.27. The number of hydrogen-bond acceptors (Lipinski definition) is 3. The molecule has 0 aliphatic rings. The van der Waals surface area contributed by atoms with Crippen molar-refractivity contribution >= 4 is 5.91 Å². The van der Waals surface area contributed by atoms with E-state index in [1.165, 1.54) is 0 Å². The number of hydrogen-bond donors (Lipinski definition) is 0. The molecular formula is C13H27NO3. The maximum absolute atomic E-state index is 11.7. The molecule has 2 unspecified atom stereocenters. The topological polar surface area (TPSA) is 38.8 Å². The average Bonchev–Trinajstić information content (AvgIpc) is 2.27. The molecule has 17 heavy (non-hydrogen) atoms. The minimum absolute atomic E-state index is 0.00401. The third-order valence-corrected chi connectivity index (χ3v) is 2.45. The van der Waals surface area contributed by atoms with E-state index in [4.69, 9.17) is 9.68 Å². The molecule has 0 heterocycles. The van der Waals surface area contributed by atoms with Crippen molar-refractivity contribution in [1.29, 1.82) is 0 Å². The van der Waals surface area contributed by atoms with Crippen LogP contribution < -0.4 is 0 Å². The van der Waals surface area contributed by atoms with Gasteiger partial charge in [0.05, 0.1) is 12.2 Å². The second kappa shape index (κ2) is 9.42. The highest BCUT2D eigenvalue weighted by atomic mass is 17.0. The summed E-state index contributed by atoms with van der Waals surface area (Å²) in [4.78, 5) is 22.7. The molecule has 0 rings (SSSR count). The zero-order valence-electron chi connectivity index (χ0n) is 11.9. The van der Waals surface area contributed by atoms with Crippen molar-refractivity contribution in [3.63, 3.8) is 0 Å². The predicted octanol–water partition coefficient (Wildman–Crippen LogP) is 3.47. The number of carbonyl (C=O) groups is 1. The van der Waals surface area contributed by atoms with E-state index < -0.39 is 0 Å². The molecular weight excluding hydrogens is 218 g/mol. The molecule has 102 valence electrons. The summed E-state index contributed by atoms with van der Waals surface area (Å²) in [7, 11) is 0. The van der Waals surface area contributed by atoms with Crippen LogP contribution in [0.15, 0.2) is 0 Å². The van der Waals surface area contributed by atoms with E-state index in [9.17, 15) is 4.79 Å². The summed E-state index contributed by atoms with van der Waals surface area (Å²) in [6.07, 6.45) is 4.28. The Morgan fingerprint density at radius 3 is 1.71 bits per heavy atom. The minimum Gasteiger partial charge on any atom is -0.270 e. The zero-order valence-corrected chi connectivity index (χ0v) is 11.9. The van der Waals surface area contributed by atoms with Crippen molar-refractivity contribution in [2.75, 3.05) is 0 Å². The lowest BCUT2D eigenvalue weighted by Gasteiger charge is -2.26. The highest BCUT2D eigenvalue weighted by Gasteiger charge is 2.19. The van der Waals surface area contributed by atoms with Crippen molar-refractivity contribution in [2.24, 2.45) is 0 Å². The van der Waals surface area contributed by atoms with Crippen molar-refractivity contribution in [2.45, 2.75) is 78.9 Å². The van der Waals surface area contributed by atoms with E-state index >= 15 is 0 Å². The lowest BCUT2D eigenvalue weighted by atomic mass is 10.2. The SMILES string of the molecule is CCCC(C)ON(OC(C)CCC)C(=O)CC. The van der Waals surface area contributed by atoms with Gasteiger partial charge in [-0.2, -0.15) is 0 Å². The summed E-state index contributed by atoms with van der Waals surface area (Å²) in [5, 5.41) is 1.08. The summed E-state index contributed by atoms with van der Waals surface area (Å²) in [6, 6.07) is 0. The van der Waals surface area contributed by atoms with Crippen LogP contribution in [-0.2, 0) is 14.5 Å². The standard InChI is InChI=1S/C13H27NO3/c1-6-9-11(4)16-14(13(15)8-3)17-12(5)10-7-2/h11-12H,6-10H2,1-5H3. The summed E-state index contributed by atoms with van der Waals surface area (Å²) in [6.45, 7) is 9.89. The van der Waals surface area contributed by atoms with Gasteiger partial charge < -0.3 is 0 Å². The third kappa shape index (κ3) is 7.34. The summed E-state index contributed by atoms with van der Waals surface area (Å²) < 4.78 is 0. The Labute approximate surface area is 105 Å². The Morgan fingerprint density at radius 1 is 1.00 bits per heavy atom. The van der Waals surface area contributed by atoms with Crippen LogP contribution in [0.4, 0.5) is 0 Å². The third-order valence-electron chi connectivity index (χ3n) is 2.45. The van der Waals surface area contributed by atoms with E-state index in [2.05, 4.69) is 13.8 Å². The number of carbonyl (C=O) groups excluding carboxylic acids is 1. The lowest BCUT2D eigenvalue weighted by molar-refractivity contribution is -0.372. The van der Waals surface area contributed by atoms with E-state index in [1.54, 1.807) is 6.92 Å². The summed E-state index contributed by atoms with van der Waals surface area (Å²) in [5.41, 5.74) is 0. The second-order valence-electron chi connectivity index (χ2n) is 4.41. The van der Waals surface area contributed by atoms with E-state index in [-0.39, 0.29) is 18.1 Å². The van der Waals surface area contributed by atoms with Crippen LogP contribution in [0.25, 0.3) is 0 Å². The van der Waals surface area contributed by atoms with Gasteiger partial charge in [-0.05, 0) is 26.7 Å². The molecule has 0 radical (unpaired) electrons. The molecule has 4 heteroatoms. The van der Waals surface area contributed by atoms with Gasteiger partial charge in [0.2, 0.25) is 0 Å². The van der Waals surface area contributed by atoms with Crippen molar-refractivity contribution in [3.8, 4) is 0 Å². The fourth-order valence-electron chi connectivity index (χ4n) is 1.52. The fraction of sp³-hybridized carbons (Fsp3) is 0.923. The van der Waals surface area contributed by atoms with Gasteiger partial charge in [-0.25, -0.2) is 9.68 Å². The molecule has 0 bridgehead atoms. The fourth-order valence-corrected chi connectivity index (χ4v) is 1.52. The average molecular weight is 245 g/mol. The number of amides is 1. The smallest absolute Gasteiger partial charge is 0.270 e. The maximum atomic E-state index is 11.7. The highest BCUT2D eigenvalue weighted by Crippen LogP contribution is 2.11. The second-order valence-corrected chi connectivity index (χ2v) is 4.41.